The fourth-order valence-corrected chi connectivity index (χ4v) is 2.86. The van der Waals surface area contributed by atoms with Gasteiger partial charge in [-0.3, -0.25) is 0 Å². The first-order chi connectivity index (χ1) is 7.61. The molecule has 16 heavy (non-hydrogen) atoms. The maximum absolute atomic E-state index is 10.3. The maximum atomic E-state index is 10.3. The van der Waals surface area contributed by atoms with Crippen molar-refractivity contribution in [2.75, 3.05) is 0 Å². The van der Waals surface area contributed by atoms with Crippen LogP contribution >= 0.6 is 0 Å². The molecule has 1 heteroatoms. The summed E-state index contributed by atoms with van der Waals surface area (Å²) < 4.78 is 0. The maximum Gasteiger partial charge on any atom is 0.0631 e. The third-order valence-electron chi connectivity index (χ3n) is 3.93. The molecule has 2 rings (SSSR count). The Morgan fingerprint density at radius 3 is 2.38 bits per heavy atom. The van der Waals surface area contributed by atoms with Gasteiger partial charge in [0, 0.05) is 5.92 Å². The Morgan fingerprint density at radius 1 is 1.12 bits per heavy atom. The Bertz CT molecular complexity index is 356. The van der Waals surface area contributed by atoms with Crippen molar-refractivity contribution in [2.24, 2.45) is 5.92 Å². The number of hydrogen-bond acceptors (Lipinski definition) is 1. The van der Waals surface area contributed by atoms with E-state index in [1.54, 1.807) is 0 Å². The van der Waals surface area contributed by atoms with Crippen molar-refractivity contribution in [3.63, 3.8) is 0 Å². The highest BCUT2D eigenvalue weighted by atomic mass is 16.3. The van der Waals surface area contributed by atoms with Crippen LogP contribution in [0.25, 0.3) is 0 Å². The molecule has 1 aliphatic carbocycles. The van der Waals surface area contributed by atoms with Crippen LogP contribution in [0, 0.1) is 5.92 Å². The summed E-state index contributed by atoms with van der Waals surface area (Å²) in [5, 5.41) is 10.3. The summed E-state index contributed by atoms with van der Waals surface area (Å²) in [7, 11) is 0. The third-order valence-corrected chi connectivity index (χ3v) is 3.93. The lowest BCUT2D eigenvalue weighted by Gasteiger charge is -2.34. The molecule has 1 aromatic rings. The lowest BCUT2D eigenvalue weighted by atomic mass is 9.73. The van der Waals surface area contributed by atoms with Crippen molar-refractivity contribution in [1.82, 2.24) is 0 Å². The van der Waals surface area contributed by atoms with Gasteiger partial charge in [-0.1, -0.05) is 45.0 Å². The first-order valence-corrected chi connectivity index (χ1v) is 6.38. The predicted molar refractivity (Wildman–Crippen MR) is 67.7 cm³/mol. The molecule has 0 heterocycles. The van der Waals surface area contributed by atoms with Crippen molar-refractivity contribution in [1.29, 1.82) is 0 Å². The molecule has 0 saturated heterocycles. The fourth-order valence-electron chi connectivity index (χ4n) is 2.86. The molecule has 1 N–H and O–H groups in total. The van der Waals surface area contributed by atoms with E-state index in [0.717, 1.165) is 6.42 Å². The molecule has 3 atom stereocenters. The van der Waals surface area contributed by atoms with E-state index in [1.807, 2.05) is 0 Å². The van der Waals surface area contributed by atoms with E-state index in [9.17, 15) is 5.11 Å². The Hall–Kier alpha value is -0.820. The molecule has 1 aliphatic rings. The van der Waals surface area contributed by atoms with Crippen LogP contribution < -0.4 is 0 Å². The van der Waals surface area contributed by atoms with Crippen LogP contribution in [0.2, 0.25) is 0 Å². The Labute approximate surface area is 98.5 Å². The highest BCUT2D eigenvalue weighted by Crippen LogP contribution is 2.41. The van der Waals surface area contributed by atoms with Gasteiger partial charge in [0.1, 0.15) is 0 Å². The first-order valence-electron chi connectivity index (χ1n) is 6.38. The van der Waals surface area contributed by atoms with Crippen molar-refractivity contribution in [2.45, 2.75) is 51.6 Å². The summed E-state index contributed by atoms with van der Waals surface area (Å²) in [5.41, 5.74) is 2.82. The lowest BCUT2D eigenvalue weighted by molar-refractivity contribution is 0.0880. The number of benzene rings is 1. The molecular weight excluding hydrogens is 196 g/mol. The zero-order valence-corrected chi connectivity index (χ0v) is 10.5. The Balaban J connectivity index is 2.34. The zero-order valence-electron chi connectivity index (χ0n) is 10.5. The highest BCUT2D eigenvalue weighted by molar-refractivity contribution is 5.36. The predicted octanol–water partition coefficient (Wildman–Crippen LogP) is 3.68. The van der Waals surface area contributed by atoms with Gasteiger partial charge in [-0.25, -0.2) is 0 Å². The average Bonchev–Trinajstić information content (AvgIpc) is 2.29. The van der Waals surface area contributed by atoms with E-state index in [2.05, 4.69) is 45.0 Å². The van der Waals surface area contributed by atoms with Gasteiger partial charge in [-0.15, -0.1) is 0 Å². The minimum Gasteiger partial charge on any atom is -0.392 e. The van der Waals surface area contributed by atoms with Crippen LogP contribution in [0.5, 0.6) is 0 Å². The second-order valence-electron chi connectivity index (χ2n) is 5.45. The fraction of sp³-hybridized carbons (Fsp3) is 0.600. The van der Waals surface area contributed by atoms with E-state index in [-0.39, 0.29) is 6.10 Å². The van der Waals surface area contributed by atoms with Crippen molar-refractivity contribution in [3.8, 4) is 0 Å². The number of hydrogen-bond donors (Lipinski definition) is 1. The molecule has 0 amide bonds. The Kier molecular flexibility index (Phi) is 3.34. The van der Waals surface area contributed by atoms with Gasteiger partial charge in [-0.2, -0.15) is 0 Å². The average molecular weight is 218 g/mol. The number of aliphatic hydroxyl groups is 1. The molecular formula is C15H22O. The molecule has 0 aliphatic heterocycles. The van der Waals surface area contributed by atoms with Crippen molar-refractivity contribution < 1.29 is 5.11 Å². The molecule has 1 nitrogen and oxygen atoms in total. The van der Waals surface area contributed by atoms with Crippen LogP contribution in [0.1, 0.15) is 56.6 Å². The first kappa shape index (κ1) is 11.7. The molecule has 0 saturated carbocycles. The summed E-state index contributed by atoms with van der Waals surface area (Å²) in [6.07, 6.45) is 2.12. The summed E-state index contributed by atoms with van der Waals surface area (Å²) in [6, 6.07) is 8.62. The van der Waals surface area contributed by atoms with E-state index < -0.39 is 0 Å². The molecule has 0 aromatic heterocycles. The van der Waals surface area contributed by atoms with Gasteiger partial charge in [-0.05, 0) is 35.8 Å². The second-order valence-corrected chi connectivity index (χ2v) is 5.45. The molecule has 0 bridgehead atoms. The van der Waals surface area contributed by atoms with Crippen LogP contribution in [0.15, 0.2) is 24.3 Å². The van der Waals surface area contributed by atoms with Gasteiger partial charge < -0.3 is 5.11 Å². The molecule has 0 fully saturated rings. The van der Waals surface area contributed by atoms with E-state index in [1.165, 1.54) is 17.5 Å². The summed E-state index contributed by atoms with van der Waals surface area (Å²) in [5.74, 6) is 1.32. The topological polar surface area (TPSA) is 20.2 Å². The second kappa shape index (κ2) is 4.58. The quantitative estimate of drug-likeness (QED) is 0.802. The monoisotopic (exact) mass is 218 g/mol. The number of fused-ring (bicyclic) bond motifs is 1. The molecule has 3 unspecified atom stereocenters. The van der Waals surface area contributed by atoms with Crippen molar-refractivity contribution >= 4 is 0 Å². The SMILES string of the molecule is CC1CCC(C(O)C(C)C)c2ccccc21. The minimum absolute atomic E-state index is 0.200. The molecule has 88 valence electrons. The van der Waals surface area contributed by atoms with Crippen molar-refractivity contribution in [3.05, 3.63) is 35.4 Å². The molecule has 1 aromatic carbocycles. The van der Waals surface area contributed by atoms with Crippen LogP contribution in [-0.4, -0.2) is 11.2 Å². The highest BCUT2D eigenvalue weighted by Gasteiger charge is 2.30. The Morgan fingerprint density at radius 2 is 1.75 bits per heavy atom. The van der Waals surface area contributed by atoms with E-state index in [0.29, 0.717) is 17.8 Å². The van der Waals surface area contributed by atoms with Gasteiger partial charge in [0.2, 0.25) is 0 Å². The standard InChI is InChI=1S/C15H22O/c1-10(2)15(16)14-9-8-11(3)12-6-4-5-7-13(12)14/h4-7,10-11,14-16H,8-9H2,1-3H3. The smallest absolute Gasteiger partial charge is 0.0631 e. The zero-order chi connectivity index (χ0) is 11.7. The summed E-state index contributed by atoms with van der Waals surface area (Å²) in [4.78, 5) is 0. The summed E-state index contributed by atoms with van der Waals surface area (Å²) in [6.45, 7) is 6.49. The largest absolute Gasteiger partial charge is 0.392 e. The van der Waals surface area contributed by atoms with Gasteiger partial charge in [0.25, 0.3) is 0 Å². The van der Waals surface area contributed by atoms with Crippen LogP contribution in [-0.2, 0) is 0 Å². The van der Waals surface area contributed by atoms with Crippen LogP contribution in [0.4, 0.5) is 0 Å². The molecule has 0 radical (unpaired) electrons. The number of aliphatic hydroxyl groups excluding tert-OH is 1. The van der Waals surface area contributed by atoms with E-state index >= 15 is 0 Å². The lowest BCUT2D eigenvalue weighted by Crippen LogP contribution is -2.28. The van der Waals surface area contributed by atoms with Gasteiger partial charge in [0.05, 0.1) is 6.10 Å². The van der Waals surface area contributed by atoms with Gasteiger partial charge in [0.15, 0.2) is 0 Å². The number of rotatable bonds is 2. The van der Waals surface area contributed by atoms with Gasteiger partial charge >= 0.3 is 0 Å². The summed E-state index contributed by atoms with van der Waals surface area (Å²) >= 11 is 0. The van der Waals surface area contributed by atoms with Crippen LogP contribution in [0.3, 0.4) is 0 Å². The third kappa shape index (κ3) is 2.01. The minimum atomic E-state index is -0.200. The molecule has 0 spiro atoms. The van der Waals surface area contributed by atoms with E-state index in [4.69, 9.17) is 0 Å². The normalized spacial score (nSPS) is 26.6.